The van der Waals surface area contributed by atoms with Crippen LogP contribution in [0.1, 0.15) is 0 Å². The summed E-state index contributed by atoms with van der Waals surface area (Å²) in [6.45, 7) is 0. The predicted octanol–water partition coefficient (Wildman–Crippen LogP) is 4.36. The van der Waals surface area contributed by atoms with E-state index >= 15 is 0 Å². The summed E-state index contributed by atoms with van der Waals surface area (Å²) in [6, 6.07) is 14.7. The summed E-state index contributed by atoms with van der Waals surface area (Å²) in [6.07, 6.45) is 0. The molecule has 0 aliphatic heterocycles. The zero-order chi connectivity index (χ0) is 18.9. The quantitative estimate of drug-likeness (QED) is 0.614. The standard InChI is InChI=1S/C18H13ClFNO4S/c19-13-9-18(17(23)10-16(13)22)26(24,25)21-15-8-12(6-7-14(15)20)11-4-2-1-3-5-11/h1-10,21-23H. The highest BCUT2D eigenvalue weighted by Crippen LogP contribution is 2.35. The highest BCUT2D eigenvalue weighted by Gasteiger charge is 2.22. The third-order valence-electron chi connectivity index (χ3n) is 3.64. The second kappa shape index (κ2) is 6.86. The van der Waals surface area contributed by atoms with E-state index in [1.807, 2.05) is 6.07 Å². The molecule has 0 amide bonds. The topological polar surface area (TPSA) is 86.6 Å². The molecule has 0 saturated heterocycles. The van der Waals surface area contributed by atoms with Gasteiger partial charge in [-0.3, -0.25) is 4.72 Å². The summed E-state index contributed by atoms with van der Waals surface area (Å²) in [4.78, 5) is -0.579. The van der Waals surface area contributed by atoms with Gasteiger partial charge in [0.2, 0.25) is 0 Å². The number of phenols is 2. The molecule has 0 saturated carbocycles. The minimum absolute atomic E-state index is 0.262. The predicted molar refractivity (Wildman–Crippen MR) is 97.4 cm³/mol. The first-order valence-electron chi connectivity index (χ1n) is 7.37. The summed E-state index contributed by atoms with van der Waals surface area (Å²) >= 11 is 5.70. The Bertz CT molecular complexity index is 1070. The zero-order valence-electron chi connectivity index (χ0n) is 13.1. The third-order valence-corrected chi connectivity index (χ3v) is 5.33. The van der Waals surface area contributed by atoms with Crippen LogP contribution in [0, 0.1) is 5.82 Å². The van der Waals surface area contributed by atoms with Crippen LogP contribution < -0.4 is 4.72 Å². The first kappa shape index (κ1) is 18.0. The van der Waals surface area contributed by atoms with E-state index in [1.165, 1.54) is 12.1 Å². The largest absolute Gasteiger partial charge is 0.506 e. The van der Waals surface area contributed by atoms with Gasteiger partial charge in [-0.2, -0.15) is 0 Å². The van der Waals surface area contributed by atoms with Crippen LogP contribution in [0.2, 0.25) is 5.02 Å². The molecule has 3 N–H and O–H groups in total. The normalized spacial score (nSPS) is 11.3. The molecular formula is C18H13ClFNO4S. The highest BCUT2D eigenvalue weighted by atomic mass is 35.5. The van der Waals surface area contributed by atoms with Gasteiger partial charge in [0.15, 0.2) is 0 Å². The van der Waals surface area contributed by atoms with E-state index < -0.39 is 32.2 Å². The molecule has 134 valence electrons. The molecule has 0 fully saturated rings. The summed E-state index contributed by atoms with van der Waals surface area (Å²) in [5.41, 5.74) is 1.11. The second-order valence-electron chi connectivity index (χ2n) is 5.44. The van der Waals surface area contributed by atoms with Gasteiger partial charge in [-0.05, 0) is 29.3 Å². The molecule has 26 heavy (non-hydrogen) atoms. The molecule has 3 rings (SSSR count). The van der Waals surface area contributed by atoms with Crippen LogP contribution in [0.15, 0.2) is 65.6 Å². The van der Waals surface area contributed by atoms with Crippen molar-refractivity contribution in [3.05, 3.63) is 71.5 Å². The Labute approximate surface area is 154 Å². The van der Waals surface area contributed by atoms with Crippen molar-refractivity contribution in [2.75, 3.05) is 4.72 Å². The maximum absolute atomic E-state index is 14.1. The van der Waals surface area contributed by atoms with Crippen molar-refractivity contribution >= 4 is 27.3 Å². The van der Waals surface area contributed by atoms with E-state index in [0.29, 0.717) is 5.56 Å². The molecule has 3 aromatic carbocycles. The molecule has 8 heteroatoms. The number of hydrogen-bond donors (Lipinski definition) is 3. The number of hydrogen-bond acceptors (Lipinski definition) is 4. The number of benzene rings is 3. The Kier molecular flexibility index (Phi) is 4.76. The Morgan fingerprint density at radius 1 is 0.885 bits per heavy atom. The molecule has 3 aromatic rings. The molecule has 0 unspecified atom stereocenters. The minimum Gasteiger partial charge on any atom is -0.506 e. The highest BCUT2D eigenvalue weighted by molar-refractivity contribution is 7.92. The molecule has 0 aliphatic carbocycles. The Balaban J connectivity index is 2.02. The van der Waals surface area contributed by atoms with Crippen LogP contribution in [-0.2, 0) is 10.0 Å². The molecule has 0 aromatic heterocycles. The average molecular weight is 394 g/mol. The van der Waals surface area contributed by atoms with Crippen LogP contribution >= 0.6 is 11.6 Å². The molecular weight excluding hydrogens is 381 g/mol. The van der Waals surface area contributed by atoms with Crippen molar-refractivity contribution in [2.24, 2.45) is 0 Å². The van der Waals surface area contributed by atoms with E-state index in [2.05, 4.69) is 4.72 Å². The van der Waals surface area contributed by atoms with Gasteiger partial charge < -0.3 is 10.2 Å². The molecule has 5 nitrogen and oxygen atoms in total. The van der Waals surface area contributed by atoms with Gasteiger partial charge in [-0.25, -0.2) is 12.8 Å². The van der Waals surface area contributed by atoms with Crippen LogP contribution in [0.4, 0.5) is 10.1 Å². The summed E-state index contributed by atoms with van der Waals surface area (Å²) in [5, 5.41) is 19.0. The van der Waals surface area contributed by atoms with Gasteiger partial charge >= 0.3 is 0 Å². The van der Waals surface area contributed by atoms with E-state index in [1.54, 1.807) is 24.3 Å². The fraction of sp³-hybridized carbons (Fsp3) is 0. The number of sulfonamides is 1. The number of aromatic hydroxyl groups is 2. The average Bonchev–Trinajstić information content (AvgIpc) is 2.60. The van der Waals surface area contributed by atoms with Crippen molar-refractivity contribution in [2.45, 2.75) is 4.90 Å². The molecule has 0 aliphatic rings. The number of phenolic OH excluding ortho intramolecular Hbond substituents is 2. The summed E-state index contributed by atoms with van der Waals surface area (Å²) < 4.78 is 41.2. The first-order chi connectivity index (χ1) is 12.3. The van der Waals surface area contributed by atoms with E-state index in [4.69, 9.17) is 11.6 Å². The van der Waals surface area contributed by atoms with Crippen molar-refractivity contribution in [1.29, 1.82) is 0 Å². The third kappa shape index (κ3) is 3.58. The SMILES string of the molecule is O=S(=O)(Nc1cc(-c2ccccc2)ccc1F)c1cc(Cl)c(O)cc1O. The van der Waals surface area contributed by atoms with Crippen molar-refractivity contribution in [1.82, 2.24) is 0 Å². The van der Waals surface area contributed by atoms with Crippen LogP contribution in [0.25, 0.3) is 11.1 Å². The van der Waals surface area contributed by atoms with Gasteiger partial charge in [0.05, 0.1) is 10.7 Å². The summed E-state index contributed by atoms with van der Waals surface area (Å²) in [5.74, 6) is -1.96. The smallest absolute Gasteiger partial charge is 0.265 e. The zero-order valence-corrected chi connectivity index (χ0v) is 14.7. The van der Waals surface area contributed by atoms with Gasteiger partial charge in [-0.1, -0.05) is 48.0 Å². The van der Waals surface area contributed by atoms with E-state index in [0.717, 1.165) is 23.8 Å². The lowest BCUT2D eigenvalue weighted by Gasteiger charge is -2.12. The maximum Gasteiger partial charge on any atom is 0.265 e. The first-order valence-corrected chi connectivity index (χ1v) is 9.23. The van der Waals surface area contributed by atoms with Crippen LogP contribution in [-0.4, -0.2) is 18.6 Å². The molecule has 0 atom stereocenters. The molecule has 0 radical (unpaired) electrons. The second-order valence-corrected chi connectivity index (χ2v) is 7.50. The van der Waals surface area contributed by atoms with E-state index in [9.17, 15) is 23.0 Å². The van der Waals surface area contributed by atoms with Gasteiger partial charge in [0.1, 0.15) is 22.2 Å². The number of halogens is 2. The van der Waals surface area contributed by atoms with Crippen LogP contribution in [0.5, 0.6) is 11.5 Å². The number of rotatable bonds is 4. The fourth-order valence-electron chi connectivity index (χ4n) is 2.36. The Morgan fingerprint density at radius 3 is 2.27 bits per heavy atom. The van der Waals surface area contributed by atoms with Crippen molar-refractivity contribution in [3.8, 4) is 22.6 Å². The molecule has 0 bridgehead atoms. The molecule has 0 spiro atoms. The lowest BCUT2D eigenvalue weighted by molar-refractivity contribution is 0.440. The van der Waals surface area contributed by atoms with Gasteiger partial charge in [-0.15, -0.1) is 0 Å². The Hall–Kier alpha value is -2.77. The Morgan fingerprint density at radius 2 is 1.58 bits per heavy atom. The fourth-order valence-corrected chi connectivity index (χ4v) is 3.75. The number of nitrogens with one attached hydrogen (secondary N) is 1. The monoisotopic (exact) mass is 393 g/mol. The van der Waals surface area contributed by atoms with Crippen LogP contribution in [0.3, 0.4) is 0 Å². The molecule has 0 heterocycles. The summed E-state index contributed by atoms with van der Waals surface area (Å²) in [7, 11) is -4.34. The minimum atomic E-state index is -4.34. The van der Waals surface area contributed by atoms with Crippen molar-refractivity contribution < 1.29 is 23.0 Å². The lowest BCUT2D eigenvalue weighted by Crippen LogP contribution is -2.14. The van der Waals surface area contributed by atoms with Gasteiger partial charge in [0.25, 0.3) is 10.0 Å². The van der Waals surface area contributed by atoms with Gasteiger partial charge in [0, 0.05) is 6.07 Å². The lowest BCUT2D eigenvalue weighted by atomic mass is 10.1. The van der Waals surface area contributed by atoms with Crippen molar-refractivity contribution in [3.63, 3.8) is 0 Å². The van der Waals surface area contributed by atoms with E-state index in [-0.39, 0.29) is 10.7 Å². The number of anilines is 1. The maximum atomic E-state index is 14.1.